The molecule has 1 rings (SSSR count). The van der Waals surface area contributed by atoms with E-state index >= 15 is 0 Å². The zero-order chi connectivity index (χ0) is 15.1. The van der Waals surface area contributed by atoms with E-state index in [0.717, 1.165) is 5.01 Å². The molecule has 0 aliphatic heterocycles. The predicted octanol–water partition coefficient (Wildman–Crippen LogP) is -0.603. The Bertz CT molecular complexity index is 502. The van der Waals surface area contributed by atoms with Gasteiger partial charge in [-0.2, -0.15) is 0 Å². The van der Waals surface area contributed by atoms with Crippen LogP contribution in [0.1, 0.15) is 14.7 Å². The Balaban J connectivity index is 2.64. The third-order valence-corrected chi connectivity index (χ3v) is 3.13. The SMILES string of the molecule is COCC(NC(=O)c1cnc(C)s1)C(=O)NCC(=O)O. The number of aryl methyl sites for hydroxylation is 1. The summed E-state index contributed by atoms with van der Waals surface area (Å²) in [5, 5.41) is 13.9. The van der Waals surface area contributed by atoms with Crippen LogP contribution in [0.2, 0.25) is 0 Å². The first-order valence-corrected chi connectivity index (χ1v) is 6.47. The van der Waals surface area contributed by atoms with Gasteiger partial charge in [0.1, 0.15) is 17.5 Å². The number of carbonyl (C=O) groups is 3. The molecule has 0 radical (unpaired) electrons. The van der Waals surface area contributed by atoms with Gasteiger partial charge >= 0.3 is 5.97 Å². The number of thiazole rings is 1. The highest BCUT2D eigenvalue weighted by Gasteiger charge is 2.22. The first-order valence-electron chi connectivity index (χ1n) is 5.65. The molecular formula is C11H15N3O5S. The van der Waals surface area contributed by atoms with Gasteiger partial charge in [-0.3, -0.25) is 14.4 Å². The first-order chi connectivity index (χ1) is 9.43. The van der Waals surface area contributed by atoms with E-state index in [9.17, 15) is 14.4 Å². The number of aromatic nitrogens is 1. The number of carboxylic acid groups (broad SMARTS) is 1. The number of rotatable bonds is 7. The molecule has 1 atom stereocenters. The summed E-state index contributed by atoms with van der Waals surface area (Å²) in [7, 11) is 1.38. The van der Waals surface area contributed by atoms with Gasteiger partial charge in [-0.15, -0.1) is 11.3 Å². The number of nitrogens with zero attached hydrogens (tertiary/aromatic N) is 1. The Hall–Kier alpha value is -2.00. The van der Waals surface area contributed by atoms with Crippen LogP contribution in [0.5, 0.6) is 0 Å². The molecule has 2 amide bonds. The number of ether oxygens (including phenoxy) is 1. The lowest BCUT2D eigenvalue weighted by molar-refractivity contribution is -0.138. The van der Waals surface area contributed by atoms with Gasteiger partial charge in [0.05, 0.1) is 17.8 Å². The molecule has 0 bridgehead atoms. The summed E-state index contributed by atoms with van der Waals surface area (Å²) in [6.45, 7) is 1.18. The number of carboxylic acids is 1. The van der Waals surface area contributed by atoms with Gasteiger partial charge in [-0.25, -0.2) is 4.98 Å². The van der Waals surface area contributed by atoms with Gasteiger partial charge in [0.2, 0.25) is 5.91 Å². The zero-order valence-electron chi connectivity index (χ0n) is 11.0. The summed E-state index contributed by atoms with van der Waals surface area (Å²) in [5.41, 5.74) is 0. The molecule has 9 heteroatoms. The minimum atomic E-state index is -1.17. The highest BCUT2D eigenvalue weighted by Crippen LogP contribution is 2.11. The normalized spacial score (nSPS) is 11.7. The van der Waals surface area contributed by atoms with Crippen LogP contribution >= 0.6 is 11.3 Å². The van der Waals surface area contributed by atoms with Crippen molar-refractivity contribution >= 4 is 29.1 Å². The number of hydrogen-bond acceptors (Lipinski definition) is 6. The molecule has 8 nitrogen and oxygen atoms in total. The van der Waals surface area contributed by atoms with Crippen molar-refractivity contribution in [1.82, 2.24) is 15.6 Å². The van der Waals surface area contributed by atoms with Crippen LogP contribution in [-0.2, 0) is 14.3 Å². The van der Waals surface area contributed by atoms with Crippen LogP contribution in [0.15, 0.2) is 6.20 Å². The van der Waals surface area contributed by atoms with Crippen molar-refractivity contribution in [3.05, 3.63) is 16.1 Å². The maximum Gasteiger partial charge on any atom is 0.322 e. The van der Waals surface area contributed by atoms with Crippen LogP contribution in [0.3, 0.4) is 0 Å². The summed E-state index contributed by atoms with van der Waals surface area (Å²) < 4.78 is 4.84. The lowest BCUT2D eigenvalue weighted by Gasteiger charge is -2.16. The Morgan fingerprint density at radius 3 is 2.70 bits per heavy atom. The maximum atomic E-state index is 11.9. The van der Waals surface area contributed by atoms with Gasteiger partial charge in [-0.05, 0) is 6.92 Å². The van der Waals surface area contributed by atoms with Crippen molar-refractivity contribution < 1.29 is 24.2 Å². The van der Waals surface area contributed by atoms with Gasteiger partial charge in [0.15, 0.2) is 0 Å². The summed E-state index contributed by atoms with van der Waals surface area (Å²) in [5.74, 6) is -2.24. The highest BCUT2D eigenvalue weighted by atomic mass is 32.1. The molecule has 0 fully saturated rings. The van der Waals surface area contributed by atoms with Crippen LogP contribution in [0, 0.1) is 6.92 Å². The number of carbonyl (C=O) groups excluding carboxylic acids is 2. The summed E-state index contributed by atoms with van der Waals surface area (Å²) >= 11 is 1.20. The third-order valence-electron chi connectivity index (χ3n) is 2.21. The average Bonchev–Trinajstić information content (AvgIpc) is 2.82. The fourth-order valence-electron chi connectivity index (χ4n) is 1.33. The molecule has 3 N–H and O–H groups in total. The topological polar surface area (TPSA) is 118 Å². The van der Waals surface area contributed by atoms with Crippen molar-refractivity contribution in [3.8, 4) is 0 Å². The summed E-state index contributed by atoms with van der Waals surface area (Å²) in [6.07, 6.45) is 1.41. The summed E-state index contributed by atoms with van der Waals surface area (Å²) in [4.78, 5) is 38.3. The monoisotopic (exact) mass is 301 g/mol. The third kappa shape index (κ3) is 4.94. The van der Waals surface area contributed by atoms with E-state index in [1.54, 1.807) is 6.92 Å². The number of amides is 2. The molecule has 1 aromatic rings. The minimum absolute atomic E-state index is 0.0605. The average molecular weight is 301 g/mol. The molecule has 110 valence electrons. The molecule has 0 saturated carbocycles. The molecule has 20 heavy (non-hydrogen) atoms. The lowest BCUT2D eigenvalue weighted by atomic mass is 10.2. The van der Waals surface area contributed by atoms with E-state index in [1.165, 1.54) is 24.6 Å². The summed E-state index contributed by atoms with van der Waals surface area (Å²) in [6, 6.07) is -0.964. The van der Waals surface area contributed by atoms with Crippen molar-refractivity contribution in [1.29, 1.82) is 0 Å². The van der Waals surface area contributed by atoms with E-state index in [0.29, 0.717) is 4.88 Å². The molecule has 0 aromatic carbocycles. The van der Waals surface area contributed by atoms with Crippen molar-refractivity contribution in [2.24, 2.45) is 0 Å². The van der Waals surface area contributed by atoms with E-state index in [2.05, 4.69) is 15.6 Å². The molecule has 1 heterocycles. The smallest absolute Gasteiger partial charge is 0.322 e. The van der Waals surface area contributed by atoms with Crippen molar-refractivity contribution in [3.63, 3.8) is 0 Å². The van der Waals surface area contributed by atoms with E-state index in [4.69, 9.17) is 9.84 Å². The van der Waals surface area contributed by atoms with Crippen LogP contribution in [0.4, 0.5) is 0 Å². The van der Waals surface area contributed by atoms with Gasteiger partial charge < -0.3 is 20.5 Å². The Kier molecular flexibility index (Phi) is 6.07. The molecule has 0 saturated heterocycles. The Morgan fingerprint density at radius 1 is 1.50 bits per heavy atom. The van der Waals surface area contributed by atoms with E-state index in [1.807, 2.05) is 0 Å². The van der Waals surface area contributed by atoms with Gasteiger partial charge in [-0.1, -0.05) is 0 Å². The number of aliphatic carboxylic acids is 1. The number of methoxy groups -OCH3 is 1. The lowest BCUT2D eigenvalue weighted by Crippen LogP contribution is -2.50. The molecule has 1 unspecified atom stereocenters. The van der Waals surface area contributed by atoms with Crippen molar-refractivity contribution in [2.45, 2.75) is 13.0 Å². The molecule has 1 aromatic heterocycles. The Labute approximate surface area is 119 Å². The van der Waals surface area contributed by atoms with Crippen LogP contribution in [0.25, 0.3) is 0 Å². The fourth-order valence-corrected chi connectivity index (χ4v) is 2.01. The van der Waals surface area contributed by atoms with Crippen LogP contribution < -0.4 is 10.6 Å². The van der Waals surface area contributed by atoms with Gasteiger partial charge in [0, 0.05) is 7.11 Å². The second kappa shape index (κ2) is 7.56. The largest absolute Gasteiger partial charge is 0.480 e. The molecule has 0 aliphatic rings. The maximum absolute atomic E-state index is 11.9. The van der Waals surface area contributed by atoms with E-state index < -0.39 is 30.4 Å². The first kappa shape index (κ1) is 16.1. The Morgan fingerprint density at radius 2 is 2.20 bits per heavy atom. The predicted molar refractivity (Wildman–Crippen MR) is 70.6 cm³/mol. The second-order valence-corrected chi connectivity index (χ2v) is 5.07. The quantitative estimate of drug-likeness (QED) is 0.619. The molecule has 0 aliphatic carbocycles. The zero-order valence-corrected chi connectivity index (χ0v) is 11.8. The highest BCUT2D eigenvalue weighted by molar-refractivity contribution is 7.13. The fraction of sp³-hybridized carbons (Fsp3) is 0.455. The number of nitrogens with one attached hydrogen (secondary N) is 2. The van der Waals surface area contributed by atoms with Crippen molar-refractivity contribution in [2.75, 3.05) is 20.3 Å². The van der Waals surface area contributed by atoms with Gasteiger partial charge in [0.25, 0.3) is 5.91 Å². The van der Waals surface area contributed by atoms with Crippen LogP contribution in [-0.4, -0.2) is 54.2 Å². The second-order valence-electron chi connectivity index (χ2n) is 3.84. The minimum Gasteiger partial charge on any atom is -0.480 e. The van der Waals surface area contributed by atoms with E-state index in [-0.39, 0.29) is 6.61 Å². The number of hydrogen-bond donors (Lipinski definition) is 3. The standard InChI is InChI=1S/C11H15N3O5S/c1-6-12-3-8(20-6)11(18)14-7(5-19-2)10(17)13-4-9(15)16/h3,7H,4-5H2,1-2H3,(H,13,17)(H,14,18)(H,15,16). The molecular weight excluding hydrogens is 286 g/mol. The molecule has 0 spiro atoms.